The number of ether oxygens (including phenoxy) is 2. The molecule has 0 unspecified atom stereocenters. The topological polar surface area (TPSA) is 61.5 Å². The molecule has 5 heteroatoms. The van der Waals surface area contributed by atoms with Crippen LogP contribution in [0.25, 0.3) is 0 Å². The highest BCUT2D eigenvalue weighted by Gasteiger charge is 1.99. The highest BCUT2D eigenvalue weighted by atomic mass is 32.2. The molecular formula is C12H17NO3S. The first-order valence-electron chi connectivity index (χ1n) is 5.35. The summed E-state index contributed by atoms with van der Waals surface area (Å²) in [6.07, 6.45) is 0.885. The monoisotopic (exact) mass is 255 g/mol. The van der Waals surface area contributed by atoms with E-state index in [1.165, 1.54) is 7.11 Å². The van der Waals surface area contributed by atoms with Gasteiger partial charge in [0.15, 0.2) is 0 Å². The Balaban J connectivity index is 2.06. The number of anilines is 1. The molecule has 4 nitrogen and oxygen atoms in total. The number of carbonyl (C=O) groups is 1. The van der Waals surface area contributed by atoms with E-state index >= 15 is 0 Å². The Bertz CT molecular complexity index is 357. The molecule has 17 heavy (non-hydrogen) atoms. The first kappa shape index (κ1) is 13.7. The number of thioether (sulfide) groups is 1. The summed E-state index contributed by atoms with van der Waals surface area (Å²) in [4.78, 5) is 10.8. The third-order valence-corrected chi connectivity index (χ3v) is 3.02. The maximum atomic E-state index is 10.8. The average molecular weight is 255 g/mol. The summed E-state index contributed by atoms with van der Waals surface area (Å²) in [6, 6.07) is 7.34. The zero-order chi connectivity index (χ0) is 12.5. The largest absolute Gasteiger partial charge is 0.493 e. The number of benzene rings is 1. The zero-order valence-corrected chi connectivity index (χ0v) is 10.7. The minimum Gasteiger partial charge on any atom is -0.493 e. The molecule has 1 aromatic carbocycles. The van der Waals surface area contributed by atoms with Crippen molar-refractivity contribution >= 4 is 23.4 Å². The minimum atomic E-state index is -0.188. The summed E-state index contributed by atoms with van der Waals surface area (Å²) < 4.78 is 10.0. The van der Waals surface area contributed by atoms with E-state index in [1.54, 1.807) is 17.8 Å². The lowest BCUT2D eigenvalue weighted by Gasteiger charge is -2.06. The van der Waals surface area contributed by atoms with E-state index in [0.717, 1.165) is 17.9 Å². The van der Waals surface area contributed by atoms with Gasteiger partial charge in [0, 0.05) is 11.8 Å². The van der Waals surface area contributed by atoms with Crippen LogP contribution in [0.1, 0.15) is 6.42 Å². The number of methoxy groups -OCH3 is 1. The summed E-state index contributed by atoms with van der Waals surface area (Å²) >= 11 is 1.54. The molecule has 0 saturated heterocycles. The highest BCUT2D eigenvalue weighted by molar-refractivity contribution is 7.99. The lowest BCUT2D eigenvalue weighted by Crippen LogP contribution is -2.05. The molecule has 0 spiro atoms. The molecule has 0 atom stereocenters. The van der Waals surface area contributed by atoms with Crippen LogP contribution in [0.5, 0.6) is 5.75 Å². The zero-order valence-electron chi connectivity index (χ0n) is 9.85. The van der Waals surface area contributed by atoms with Crippen molar-refractivity contribution in [2.45, 2.75) is 6.42 Å². The molecule has 0 aliphatic heterocycles. The van der Waals surface area contributed by atoms with Gasteiger partial charge in [0.1, 0.15) is 5.75 Å². The van der Waals surface area contributed by atoms with E-state index in [0.29, 0.717) is 18.0 Å². The third-order valence-electron chi connectivity index (χ3n) is 2.01. The van der Waals surface area contributed by atoms with Crippen molar-refractivity contribution < 1.29 is 14.3 Å². The quantitative estimate of drug-likeness (QED) is 0.458. The Kier molecular flexibility index (Phi) is 6.32. The lowest BCUT2D eigenvalue weighted by molar-refractivity contribution is -0.137. The number of esters is 1. The third kappa shape index (κ3) is 6.06. The molecule has 2 N–H and O–H groups in total. The van der Waals surface area contributed by atoms with Crippen molar-refractivity contribution in [1.29, 1.82) is 0 Å². The first-order chi connectivity index (χ1) is 8.22. The summed E-state index contributed by atoms with van der Waals surface area (Å²) in [5.41, 5.74) is 6.32. The van der Waals surface area contributed by atoms with E-state index in [9.17, 15) is 4.79 Å². The van der Waals surface area contributed by atoms with Gasteiger partial charge in [-0.1, -0.05) is 6.07 Å². The molecule has 0 saturated carbocycles. The summed E-state index contributed by atoms with van der Waals surface area (Å²) in [5, 5.41) is 0. The lowest BCUT2D eigenvalue weighted by atomic mass is 10.3. The van der Waals surface area contributed by atoms with Crippen LogP contribution in [0.4, 0.5) is 5.69 Å². The van der Waals surface area contributed by atoms with Gasteiger partial charge in [-0.25, -0.2) is 0 Å². The first-order valence-corrected chi connectivity index (χ1v) is 6.50. The van der Waals surface area contributed by atoms with Gasteiger partial charge in [-0.2, -0.15) is 11.8 Å². The van der Waals surface area contributed by atoms with Crippen molar-refractivity contribution in [3.8, 4) is 5.75 Å². The van der Waals surface area contributed by atoms with Crippen LogP contribution >= 0.6 is 11.8 Å². The number of nitrogens with two attached hydrogens (primary N) is 1. The summed E-state index contributed by atoms with van der Waals surface area (Å²) in [5.74, 6) is 1.86. The van der Waals surface area contributed by atoms with Gasteiger partial charge in [-0.15, -0.1) is 0 Å². The Hall–Kier alpha value is -1.36. The molecule has 0 heterocycles. The predicted octanol–water partition coefficient (Wildman–Crippen LogP) is 1.94. The molecule has 0 aliphatic rings. The predicted molar refractivity (Wildman–Crippen MR) is 70.3 cm³/mol. The second kappa shape index (κ2) is 7.84. The fourth-order valence-corrected chi connectivity index (χ4v) is 1.92. The van der Waals surface area contributed by atoms with Crippen LogP contribution in [0, 0.1) is 0 Å². The summed E-state index contributed by atoms with van der Waals surface area (Å²) in [6.45, 7) is 0.623. The van der Waals surface area contributed by atoms with Gasteiger partial charge in [0.25, 0.3) is 0 Å². The number of hydrogen-bond donors (Lipinski definition) is 1. The molecular weight excluding hydrogens is 238 g/mol. The fraction of sp³-hybridized carbons (Fsp3) is 0.417. The van der Waals surface area contributed by atoms with Crippen molar-refractivity contribution in [1.82, 2.24) is 0 Å². The SMILES string of the molecule is COC(=O)CSCCCOc1cccc(N)c1. The van der Waals surface area contributed by atoms with Crippen LogP contribution in [-0.4, -0.2) is 31.2 Å². The van der Waals surface area contributed by atoms with Crippen LogP contribution in [0.15, 0.2) is 24.3 Å². The number of hydrogen-bond acceptors (Lipinski definition) is 5. The van der Waals surface area contributed by atoms with Gasteiger partial charge in [0.2, 0.25) is 0 Å². The molecule has 0 aromatic heterocycles. The van der Waals surface area contributed by atoms with E-state index < -0.39 is 0 Å². The van der Waals surface area contributed by atoms with E-state index in [2.05, 4.69) is 4.74 Å². The van der Waals surface area contributed by atoms with E-state index in [-0.39, 0.29) is 5.97 Å². The Morgan fingerprint density at radius 1 is 1.47 bits per heavy atom. The van der Waals surface area contributed by atoms with E-state index in [1.807, 2.05) is 18.2 Å². The minimum absolute atomic E-state index is 0.188. The van der Waals surface area contributed by atoms with Crippen LogP contribution in [0.3, 0.4) is 0 Å². The molecule has 0 bridgehead atoms. The van der Waals surface area contributed by atoms with Crippen molar-refractivity contribution in [2.75, 3.05) is 31.0 Å². The van der Waals surface area contributed by atoms with Crippen LogP contribution in [-0.2, 0) is 9.53 Å². The second-order valence-corrected chi connectivity index (χ2v) is 4.51. The molecule has 0 radical (unpaired) electrons. The maximum Gasteiger partial charge on any atom is 0.315 e. The summed E-state index contributed by atoms with van der Waals surface area (Å²) in [7, 11) is 1.39. The van der Waals surface area contributed by atoms with Gasteiger partial charge in [0.05, 0.1) is 19.5 Å². The van der Waals surface area contributed by atoms with Crippen molar-refractivity contribution in [3.63, 3.8) is 0 Å². The molecule has 1 aromatic rings. The number of carbonyl (C=O) groups excluding carboxylic acids is 1. The van der Waals surface area contributed by atoms with Gasteiger partial charge < -0.3 is 15.2 Å². The molecule has 1 rings (SSSR count). The molecule has 94 valence electrons. The fourth-order valence-electron chi connectivity index (χ4n) is 1.17. The normalized spacial score (nSPS) is 9.94. The molecule has 0 aliphatic carbocycles. The van der Waals surface area contributed by atoms with Crippen LogP contribution in [0.2, 0.25) is 0 Å². The van der Waals surface area contributed by atoms with Gasteiger partial charge in [-0.3, -0.25) is 4.79 Å². The standard InChI is InChI=1S/C12H17NO3S/c1-15-12(14)9-17-7-3-6-16-11-5-2-4-10(13)8-11/h2,4-5,8H,3,6-7,9,13H2,1H3. The van der Waals surface area contributed by atoms with Crippen LogP contribution < -0.4 is 10.5 Å². The van der Waals surface area contributed by atoms with Gasteiger partial charge >= 0.3 is 5.97 Å². The Morgan fingerprint density at radius 2 is 2.29 bits per heavy atom. The Labute approximate surface area is 105 Å². The highest BCUT2D eigenvalue weighted by Crippen LogP contribution is 2.14. The van der Waals surface area contributed by atoms with Crippen molar-refractivity contribution in [3.05, 3.63) is 24.3 Å². The van der Waals surface area contributed by atoms with E-state index in [4.69, 9.17) is 10.5 Å². The second-order valence-electron chi connectivity index (χ2n) is 3.40. The van der Waals surface area contributed by atoms with Gasteiger partial charge in [-0.05, 0) is 24.3 Å². The average Bonchev–Trinajstić information content (AvgIpc) is 2.33. The maximum absolute atomic E-state index is 10.8. The number of rotatable bonds is 7. The smallest absolute Gasteiger partial charge is 0.315 e. The van der Waals surface area contributed by atoms with Crippen molar-refractivity contribution in [2.24, 2.45) is 0 Å². The number of nitrogen functional groups attached to an aromatic ring is 1. The molecule has 0 amide bonds. The molecule has 0 fully saturated rings. The Morgan fingerprint density at radius 3 is 3.00 bits per heavy atom.